The summed E-state index contributed by atoms with van der Waals surface area (Å²) in [5, 5.41) is 5.97. The van der Waals surface area contributed by atoms with Gasteiger partial charge in [0, 0.05) is 22.8 Å². The molecule has 3 aromatic carbocycles. The van der Waals surface area contributed by atoms with E-state index in [1.165, 1.54) is 0 Å². The smallest absolute Gasteiger partial charge is 0.283 e. The summed E-state index contributed by atoms with van der Waals surface area (Å²) in [5.74, 6) is -0.227. The Morgan fingerprint density at radius 3 is 2.26 bits per heavy atom. The molecule has 3 amide bonds. The van der Waals surface area contributed by atoms with E-state index >= 15 is 0 Å². The van der Waals surface area contributed by atoms with Crippen LogP contribution in [-0.2, 0) is 16.0 Å². The van der Waals surface area contributed by atoms with E-state index < -0.39 is 11.8 Å². The highest BCUT2D eigenvalue weighted by Gasteiger charge is 2.39. The molecule has 0 spiro atoms. The van der Waals surface area contributed by atoms with Gasteiger partial charge in [-0.1, -0.05) is 35.3 Å². The van der Waals surface area contributed by atoms with Crippen molar-refractivity contribution in [2.24, 2.45) is 0 Å². The largest absolute Gasteiger partial charge is 0.493 e. The molecule has 1 aliphatic heterocycles. The van der Waals surface area contributed by atoms with Crippen LogP contribution in [0.5, 0.6) is 11.5 Å². The molecular weight excluding hydrogens is 529 g/mol. The van der Waals surface area contributed by atoms with E-state index in [2.05, 4.69) is 10.6 Å². The molecule has 0 saturated carbocycles. The highest BCUT2D eigenvalue weighted by atomic mass is 35.5. The number of ether oxygens (including phenoxy) is 2. The van der Waals surface area contributed by atoms with E-state index in [4.69, 9.17) is 32.7 Å². The molecule has 0 fully saturated rings. The second kappa shape index (κ2) is 11.6. The van der Waals surface area contributed by atoms with Gasteiger partial charge in [-0.25, -0.2) is 4.90 Å². The zero-order valence-corrected chi connectivity index (χ0v) is 22.4. The Labute approximate surface area is 230 Å². The Kier molecular flexibility index (Phi) is 8.24. The maximum Gasteiger partial charge on any atom is 0.283 e. The fraction of sp³-hybridized carbons (Fsp3) is 0.179. The van der Waals surface area contributed by atoms with E-state index in [1.807, 2.05) is 25.1 Å². The molecule has 10 heteroatoms. The zero-order chi connectivity index (χ0) is 27.4. The van der Waals surface area contributed by atoms with Crippen LogP contribution in [0.4, 0.5) is 11.4 Å². The highest BCUT2D eigenvalue weighted by molar-refractivity contribution is 6.53. The number of nitrogens with zero attached hydrogens (tertiary/aromatic N) is 1. The normalized spacial score (nSPS) is 13.1. The van der Waals surface area contributed by atoms with E-state index in [0.717, 1.165) is 16.0 Å². The van der Waals surface area contributed by atoms with Crippen LogP contribution in [-0.4, -0.2) is 38.5 Å². The van der Waals surface area contributed by atoms with Crippen molar-refractivity contribution in [2.45, 2.75) is 13.3 Å². The summed E-state index contributed by atoms with van der Waals surface area (Å²) in [4.78, 5) is 39.2. The number of nitrogens with one attached hydrogen (secondary N) is 2. The Balaban J connectivity index is 1.37. The molecule has 2 N–H and O–H groups in total. The number of methoxy groups -OCH3 is 2. The predicted octanol–water partition coefficient (Wildman–Crippen LogP) is 5.07. The maximum atomic E-state index is 13.0. The quantitative estimate of drug-likeness (QED) is 0.359. The summed E-state index contributed by atoms with van der Waals surface area (Å²) >= 11 is 12.4. The highest BCUT2D eigenvalue weighted by Crippen LogP contribution is 2.32. The maximum absolute atomic E-state index is 13.0. The van der Waals surface area contributed by atoms with Gasteiger partial charge in [0.15, 0.2) is 11.5 Å². The van der Waals surface area contributed by atoms with Crippen LogP contribution in [0.2, 0.25) is 5.02 Å². The van der Waals surface area contributed by atoms with Gasteiger partial charge in [0.1, 0.15) is 10.7 Å². The molecule has 1 heterocycles. The van der Waals surface area contributed by atoms with Crippen molar-refractivity contribution in [3.8, 4) is 11.5 Å². The minimum atomic E-state index is -0.649. The second-order valence-corrected chi connectivity index (χ2v) is 9.25. The number of amides is 3. The number of imide groups is 1. The molecule has 1 aliphatic rings. The molecule has 0 aliphatic carbocycles. The standard InChI is InChI=1S/C28H25Cl2N3O5/c1-16-4-10-20(15-21(16)29)33-27(35)24(30)25(28(33)36)32-19-8-6-18(7-9-19)26(34)31-13-12-17-5-11-22(37-2)23(14-17)38-3/h4-11,14-15,32H,12-13H2,1-3H3,(H,31,34). The molecule has 0 unspecified atom stereocenters. The van der Waals surface area contributed by atoms with Crippen LogP contribution in [0, 0.1) is 6.92 Å². The first kappa shape index (κ1) is 27.0. The fourth-order valence-electron chi connectivity index (χ4n) is 3.87. The van der Waals surface area contributed by atoms with E-state index in [9.17, 15) is 14.4 Å². The molecule has 0 bridgehead atoms. The number of carbonyl (C=O) groups excluding carboxylic acids is 3. The number of hydrogen-bond donors (Lipinski definition) is 2. The fourth-order valence-corrected chi connectivity index (χ4v) is 4.26. The van der Waals surface area contributed by atoms with Crippen LogP contribution in [0.1, 0.15) is 21.5 Å². The first-order valence-corrected chi connectivity index (χ1v) is 12.4. The topological polar surface area (TPSA) is 97.0 Å². The molecule has 38 heavy (non-hydrogen) atoms. The van der Waals surface area contributed by atoms with Gasteiger partial charge < -0.3 is 20.1 Å². The van der Waals surface area contributed by atoms with Gasteiger partial charge in [-0.05, 0) is 73.0 Å². The molecule has 3 aromatic rings. The number of aryl methyl sites for hydroxylation is 1. The van der Waals surface area contributed by atoms with Crippen LogP contribution >= 0.6 is 23.2 Å². The molecule has 0 aromatic heterocycles. The Hall–Kier alpha value is -4.01. The SMILES string of the molecule is COc1ccc(CCNC(=O)c2ccc(NC3=C(Cl)C(=O)N(c4ccc(C)c(Cl)c4)C3=O)cc2)cc1OC. The summed E-state index contributed by atoms with van der Waals surface area (Å²) < 4.78 is 10.6. The number of anilines is 2. The van der Waals surface area contributed by atoms with Crippen LogP contribution in [0.15, 0.2) is 71.4 Å². The number of halogens is 2. The summed E-state index contributed by atoms with van der Waals surface area (Å²) in [5.41, 5.74) is 3.01. The molecule has 8 nitrogen and oxygen atoms in total. The third-order valence-electron chi connectivity index (χ3n) is 6.00. The first-order chi connectivity index (χ1) is 18.2. The third kappa shape index (κ3) is 5.61. The number of benzene rings is 3. The minimum absolute atomic E-state index is 0.0551. The average molecular weight is 554 g/mol. The van der Waals surface area contributed by atoms with Gasteiger partial charge >= 0.3 is 0 Å². The zero-order valence-electron chi connectivity index (χ0n) is 20.9. The van der Waals surface area contributed by atoms with Crippen molar-refractivity contribution in [2.75, 3.05) is 31.0 Å². The van der Waals surface area contributed by atoms with Gasteiger partial charge in [-0.3, -0.25) is 14.4 Å². The van der Waals surface area contributed by atoms with Gasteiger partial charge in [0.25, 0.3) is 17.7 Å². The number of rotatable bonds is 9. The van der Waals surface area contributed by atoms with Crippen LogP contribution in [0.3, 0.4) is 0 Å². The second-order valence-electron chi connectivity index (χ2n) is 8.47. The van der Waals surface area contributed by atoms with E-state index in [1.54, 1.807) is 56.7 Å². The first-order valence-electron chi connectivity index (χ1n) is 11.6. The van der Waals surface area contributed by atoms with Crippen molar-refractivity contribution < 1.29 is 23.9 Å². The van der Waals surface area contributed by atoms with Crippen LogP contribution in [0.25, 0.3) is 0 Å². The monoisotopic (exact) mass is 553 g/mol. The third-order valence-corrected chi connectivity index (χ3v) is 6.76. The van der Waals surface area contributed by atoms with Gasteiger partial charge in [0.2, 0.25) is 0 Å². The summed E-state index contributed by atoms with van der Waals surface area (Å²) in [6.07, 6.45) is 0.608. The Bertz CT molecular complexity index is 1440. The summed E-state index contributed by atoms with van der Waals surface area (Å²) in [6.45, 7) is 2.24. The average Bonchev–Trinajstić information content (AvgIpc) is 3.13. The lowest BCUT2D eigenvalue weighted by atomic mass is 10.1. The number of hydrogen-bond acceptors (Lipinski definition) is 6. The Morgan fingerprint density at radius 2 is 1.61 bits per heavy atom. The summed E-state index contributed by atoms with van der Waals surface area (Å²) in [6, 6.07) is 17.0. The lowest BCUT2D eigenvalue weighted by Gasteiger charge is -2.16. The molecule has 0 atom stereocenters. The van der Waals surface area contributed by atoms with Crippen LogP contribution < -0.4 is 25.0 Å². The molecule has 196 valence electrons. The van der Waals surface area contributed by atoms with Crippen molar-refractivity contribution in [1.82, 2.24) is 5.32 Å². The lowest BCUT2D eigenvalue weighted by Crippen LogP contribution is -2.32. The van der Waals surface area contributed by atoms with Gasteiger partial charge in [0.05, 0.1) is 19.9 Å². The summed E-state index contributed by atoms with van der Waals surface area (Å²) in [7, 11) is 3.15. The molecule has 4 rings (SSSR count). The molecular formula is C28H25Cl2N3O5. The lowest BCUT2D eigenvalue weighted by molar-refractivity contribution is -0.120. The van der Waals surface area contributed by atoms with Gasteiger partial charge in [-0.15, -0.1) is 0 Å². The predicted molar refractivity (Wildman–Crippen MR) is 147 cm³/mol. The van der Waals surface area contributed by atoms with E-state index in [0.29, 0.717) is 46.4 Å². The van der Waals surface area contributed by atoms with Crippen molar-refractivity contribution in [1.29, 1.82) is 0 Å². The van der Waals surface area contributed by atoms with E-state index in [-0.39, 0.29) is 16.6 Å². The van der Waals surface area contributed by atoms with Crippen molar-refractivity contribution >= 4 is 52.3 Å². The van der Waals surface area contributed by atoms with Gasteiger partial charge in [-0.2, -0.15) is 0 Å². The Morgan fingerprint density at radius 1 is 0.895 bits per heavy atom. The van der Waals surface area contributed by atoms with Crippen molar-refractivity contribution in [3.05, 3.63) is 93.1 Å². The molecule has 0 saturated heterocycles. The number of carbonyl (C=O) groups is 3. The van der Waals surface area contributed by atoms with Crippen molar-refractivity contribution in [3.63, 3.8) is 0 Å². The molecule has 0 radical (unpaired) electrons. The minimum Gasteiger partial charge on any atom is -0.493 e.